The summed E-state index contributed by atoms with van der Waals surface area (Å²) in [6.07, 6.45) is 6.47. The topological polar surface area (TPSA) is 69.9 Å². The van der Waals surface area contributed by atoms with Crippen molar-refractivity contribution >= 4 is 33.4 Å². The molecular formula is C22H30N2O4S. The molecule has 1 fully saturated rings. The Morgan fingerprint density at radius 2 is 2.00 bits per heavy atom. The van der Waals surface area contributed by atoms with Gasteiger partial charge in [0.05, 0.1) is 29.0 Å². The molecule has 1 heterocycles. The summed E-state index contributed by atoms with van der Waals surface area (Å²) in [4.78, 5) is 29.6. The summed E-state index contributed by atoms with van der Waals surface area (Å²) < 4.78 is 13.5. The summed E-state index contributed by atoms with van der Waals surface area (Å²) in [5, 5.41) is 0. The van der Waals surface area contributed by atoms with Crippen molar-refractivity contribution in [2.45, 2.75) is 58.9 Å². The Hall–Kier alpha value is -1.99. The third-order valence-electron chi connectivity index (χ3n) is 5.32. The van der Waals surface area contributed by atoms with Gasteiger partial charge in [0.1, 0.15) is 0 Å². The summed E-state index contributed by atoms with van der Waals surface area (Å²) >= 11 is 1.43. The van der Waals surface area contributed by atoms with E-state index in [1.54, 1.807) is 13.0 Å². The predicted molar refractivity (Wildman–Crippen MR) is 114 cm³/mol. The lowest BCUT2D eigenvalue weighted by atomic mass is 10.0. The SMILES string of the molecule is CCOCCn1c(=NC(=O)CCC2CCCC2)sc2cc(C(=O)OCC)ccc21. The number of amides is 1. The predicted octanol–water partition coefficient (Wildman–Crippen LogP) is 4.31. The van der Waals surface area contributed by atoms with E-state index < -0.39 is 0 Å². The number of aromatic nitrogens is 1. The van der Waals surface area contributed by atoms with Gasteiger partial charge in [-0.3, -0.25) is 4.79 Å². The van der Waals surface area contributed by atoms with Crippen LogP contribution in [0.15, 0.2) is 23.2 Å². The standard InChI is InChI=1S/C22H30N2O4S/c1-3-27-14-13-24-18-11-10-17(21(26)28-4-2)15-19(18)29-22(24)23-20(25)12-9-16-7-5-6-8-16/h10-11,15-16H,3-9,12-14H2,1-2H3. The van der Waals surface area contributed by atoms with Crippen LogP contribution in [-0.4, -0.2) is 36.3 Å². The van der Waals surface area contributed by atoms with Gasteiger partial charge in [0.2, 0.25) is 5.91 Å². The van der Waals surface area contributed by atoms with Crippen molar-refractivity contribution in [3.05, 3.63) is 28.6 Å². The highest BCUT2D eigenvalue weighted by Gasteiger charge is 2.17. The molecule has 0 N–H and O–H groups in total. The van der Waals surface area contributed by atoms with Crippen LogP contribution in [0.4, 0.5) is 0 Å². The van der Waals surface area contributed by atoms with Crippen molar-refractivity contribution in [1.29, 1.82) is 0 Å². The smallest absolute Gasteiger partial charge is 0.338 e. The molecule has 0 atom stereocenters. The van der Waals surface area contributed by atoms with Crippen molar-refractivity contribution in [3.8, 4) is 0 Å². The van der Waals surface area contributed by atoms with Gasteiger partial charge in [-0.05, 0) is 44.4 Å². The van der Waals surface area contributed by atoms with Gasteiger partial charge in [0.15, 0.2) is 4.80 Å². The number of carbonyl (C=O) groups is 2. The number of benzene rings is 1. The molecule has 1 aromatic heterocycles. The van der Waals surface area contributed by atoms with Crippen molar-refractivity contribution in [2.75, 3.05) is 19.8 Å². The molecule has 0 bridgehead atoms. The number of thiazole rings is 1. The zero-order valence-electron chi connectivity index (χ0n) is 17.3. The zero-order chi connectivity index (χ0) is 20.6. The molecule has 158 valence electrons. The number of nitrogens with zero attached hydrogens (tertiary/aromatic N) is 2. The summed E-state index contributed by atoms with van der Waals surface area (Å²) in [6.45, 7) is 5.89. The minimum absolute atomic E-state index is 0.0702. The Morgan fingerprint density at radius 3 is 2.72 bits per heavy atom. The molecule has 1 saturated carbocycles. The number of hydrogen-bond donors (Lipinski definition) is 0. The first-order valence-electron chi connectivity index (χ1n) is 10.6. The molecule has 6 nitrogen and oxygen atoms in total. The molecule has 1 aliphatic rings. The Bertz CT molecular complexity index is 909. The van der Waals surface area contributed by atoms with E-state index in [1.165, 1.54) is 37.0 Å². The van der Waals surface area contributed by atoms with E-state index >= 15 is 0 Å². The molecule has 1 aliphatic carbocycles. The largest absolute Gasteiger partial charge is 0.462 e. The molecule has 1 amide bonds. The maximum Gasteiger partial charge on any atom is 0.338 e. The van der Waals surface area contributed by atoms with Crippen LogP contribution in [0.2, 0.25) is 0 Å². The van der Waals surface area contributed by atoms with Crippen LogP contribution in [-0.2, 0) is 20.8 Å². The van der Waals surface area contributed by atoms with Crippen LogP contribution in [0.25, 0.3) is 10.2 Å². The number of carbonyl (C=O) groups excluding carboxylic acids is 2. The van der Waals surface area contributed by atoms with Crippen molar-refractivity contribution in [2.24, 2.45) is 10.9 Å². The van der Waals surface area contributed by atoms with Crippen LogP contribution in [0, 0.1) is 5.92 Å². The number of esters is 1. The summed E-state index contributed by atoms with van der Waals surface area (Å²) in [7, 11) is 0. The first-order valence-corrected chi connectivity index (χ1v) is 11.4. The molecule has 7 heteroatoms. The molecule has 0 aliphatic heterocycles. The van der Waals surface area contributed by atoms with E-state index in [0.717, 1.165) is 16.6 Å². The molecule has 3 rings (SSSR count). The highest BCUT2D eigenvalue weighted by Crippen LogP contribution is 2.28. The quantitative estimate of drug-likeness (QED) is 0.449. The number of fused-ring (bicyclic) bond motifs is 1. The van der Waals surface area contributed by atoms with E-state index in [2.05, 4.69) is 4.99 Å². The third kappa shape index (κ3) is 5.76. The first kappa shape index (κ1) is 21.7. The average Bonchev–Trinajstić information content (AvgIpc) is 3.34. The van der Waals surface area contributed by atoms with Crippen molar-refractivity contribution in [3.63, 3.8) is 0 Å². The summed E-state index contributed by atoms with van der Waals surface area (Å²) in [5.74, 6) is 0.266. The average molecular weight is 419 g/mol. The second-order valence-corrected chi connectivity index (χ2v) is 8.34. The van der Waals surface area contributed by atoms with E-state index in [-0.39, 0.29) is 11.9 Å². The monoisotopic (exact) mass is 418 g/mol. The Kier molecular flexibility index (Phi) is 8.00. The Balaban J connectivity index is 1.86. The fourth-order valence-corrected chi connectivity index (χ4v) is 4.92. The molecule has 0 unspecified atom stereocenters. The van der Waals surface area contributed by atoms with Gasteiger partial charge in [0.25, 0.3) is 0 Å². The normalized spacial score (nSPS) is 15.3. The lowest BCUT2D eigenvalue weighted by Crippen LogP contribution is -2.19. The second kappa shape index (κ2) is 10.7. The van der Waals surface area contributed by atoms with E-state index in [4.69, 9.17) is 9.47 Å². The van der Waals surface area contributed by atoms with E-state index in [0.29, 0.717) is 49.1 Å². The molecule has 2 aromatic rings. The highest BCUT2D eigenvalue weighted by molar-refractivity contribution is 7.16. The second-order valence-electron chi connectivity index (χ2n) is 7.33. The van der Waals surface area contributed by atoms with Gasteiger partial charge >= 0.3 is 5.97 Å². The Labute approximate surface area is 175 Å². The van der Waals surface area contributed by atoms with Gasteiger partial charge < -0.3 is 14.0 Å². The molecule has 1 aromatic carbocycles. The molecular weight excluding hydrogens is 388 g/mol. The van der Waals surface area contributed by atoms with Crippen LogP contribution < -0.4 is 4.80 Å². The molecule has 29 heavy (non-hydrogen) atoms. The van der Waals surface area contributed by atoms with Gasteiger partial charge in [0, 0.05) is 19.6 Å². The van der Waals surface area contributed by atoms with Crippen molar-refractivity contribution < 1.29 is 19.1 Å². The molecule has 0 radical (unpaired) electrons. The van der Waals surface area contributed by atoms with Gasteiger partial charge in [-0.15, -0.1) is 0 Å². The Morgan fingerprint density at radius 1 is 1.21 bits per heavy atom. The van der Waals surface area contributed by atoms with E-state index in [9.17, 15) is 9.59 Å². The first-order chi connectivity index (χ1) is 14.1. The van der Waals surface area contributed by atoms with Gasteiger partial charge in [-0.25, -0.2) is 4.79 Å². The highest BCUT2D eigenvalue weighted by atomic mass is 32.1. The van der Waals surface area contributed by atoms with Gasteiger partial charge in [-0.2, -0.15) is 4.99 Å². The summed E-state index contributed by atoms with van der Waals surface area (Å²) in [5.41, 5.74) is 1.46. The van der Waals surface area contributed by atoms with Gasteiger partial charge in [-0.1, -0.05) is 37.0 Å². The number of rotatable bonds is 9. The molecule has 0 saturated heterocycles. The van der Waals surface area contributed by atoms with Crippen LogP contribution in [0.5, 0.6) is 0 Å². The number of hydrogen-bond acceptors (Lipinski definition) is 5. The minimum atomic E-state index is -0.338. The van der Waals surface area contributed by atoms with Crippen LogP contribution in [0.1, 0.15) is 62.7 Å². The lowest BCUT2D eigenvalue weighted by Gasteiger charge is -2.07. The number of ether oxygens (including phenoxy) is 2. The lowest BCUT2D eigenvalue weighted by molar-refractivity contribution is -0.118. The maximum atomic E-state index is 12.5. The zero-order valence-corrected chi connectivity index (χ0v) is 18.1. The fraction of sp³-hybridized carbons (Fsp3) is 0.591. The third-order valence-corrected chi connectivity index (χ3v) is 6.36. The maximum absolute atomic E-state index is 12.5. The van der Waals surface area contributed by atoms with Crippen LogP contribution in [0.3, 0.4) is 0 Å². The molecule has 0 spiro atoms. The van der Waals surface area contributed by atoms with Crippen molar-refractivity contribution in [1.82, 2.24) is 4.57 Å². The fourth-order valence-electron chi connectivity index (χ4n) is 3.81. The minimum Gasteiger partial charge on any atom is -0.462 e. The van der Waals surface area contributed by atoms with E-state index in [1.807, 2.05) is 23.6 Å². The van der Waals surface area contributed by atoms with Crippen LogP contribution >= 0.6 is 11.3 Å². The summed E-state index contributed by atoms with van der Waals surface area (Å²) in [6, 6.07) is 5.47.